The van der Waals surface area contributed by atoms with E-state index in [-0.39, 0.29) is 23.7 Å². The SMILES string of the molecule is O=C(c1cc(Cl)ccc1[N+](=O)[O-])N1CC(Oc2ncccc2C(F)(F)F)C1. The van der Waals surface area contributed by atoms with Crippen molar-refractivity contribution >= 4 is 23.2 Å². The van der Waals surface area contributed by atoms with Gasteiger partial charge in [0.15, 0.2) is 0 Å². The molecule has 1 aromatic heterocycles. The van der Waals surface area contributed by atoms with Crippen LogP contribution in [-0.2, 0) is 6.18 Å². The van der Waals surface area contributed by atoms with Crippen LogP contribution >= 0.6 is 11.6 Å². The zero-order valence-corrected chi connectivity index (χ0v) is 14.2. The van der Waals surface area contributed by atoms with Crippen molar-refractivity contribution in [3.63, 3.8) is 0 Å². The van der Waals surface area contributed by atoms with E-state index in [2.05, 4.69) is 4.98 Å². The van der Waals surface area contributed by atoms with E-state index in [9.17, 15) is 28.1 Å². The molecule has 1 fully saturated rings. The molecule has 1 aromatic carbocycles. The number of hydrogen-bond acceptors (Lipinski definition) is 5. The maximum absolute atomic E-state index is 12.9. The van der Waals surface area contributed by atoms with Gasteiger partial charge in [-0.3, -0.25) is 14.9 Å². The molecule has 0 aliphatic carbocycles. The third-order valence-corrected chi connectivity index (χ3v) is 4.11. The monoisotopic (exact) mass is 401 g/mol. The summed E-state index contributed by atoms with van der Waals surface area (Å²) in [5, 5.41) is 11.2. The predicted molar refractivity (Wildman–Crippen MR) is 87.7 cm³/mol. The van der Waals surface area contributed by atoms with E-state index in [0.717, 1.165) is 18.2 Å². The minimum Gasteiger partial charge on any atom is -0.470 e. The van der Waals surface area contributed by atoms with Crippen LogP contribution in [0.25, 0.3) is 0 Å². The van der Waals surface area contributed by atoms with Gasteiger partial charge in [0.05, 0.1) is 18.0 Å². The van der Waals surface area contributed by atoms with Crippen LogP contribution in [0.1, 0.15) is 15.9 Å². The van der Waals surface area contributed by atoms with E-state index >= 15 is 0 Å². The molecule has 0 N–H and O–H groups in total. The lowest BCUT2D eigenvalue weighted by Crippen LogP contribution is -2.56. The van der Waals surface area contributed by atoms with Gasteiger partial charge >= 0.3 is 6.18 Å². The minimum absolute atomic E-state index is 0.0314. The molecular weight excluding hydrogens is 391 g/mol. The fraction of sp³-hybridized carbons (Fsp3) is 0.250. The number of nitro groups is 1. The van der Waals surface area contributed by atoms with E-state index in [0.29, 0.717) is 0 Å². The van der Waals surface area contributed by atoms with Crippen molar-refractivity contribution in [3.8, 4) is 5.88 Å². The summed E-state index contributed by atoms with van der Waals surface area (Å²) in [7, 11) is 0. The third kappa shape index (κ3) is 3.95. The molecule has 1 saturated heterocycles. The van der Waals surface area contributed by atoms with E-state index in [1.165, 1.54) is 23.2 Å². The van der Waals surface area contributed by atoms with Gasteiger partial charge < -0.3 is 9.64 Å². The Kier molecular flexibility index (Phi) is 4.92. The van der Waals surface area contributed by atoms with Crippen molar-refractivity contribution < 1.29 is 27.6 Å². The zero-order chi connectivity index (χ0) is 19.8. The highest BCUT2D eigenvalue weighted by atomic mass is 35.5. The first kappa shape index (κ1) is 18.9. The lowest BCUT2D eigenvalue weighted by Gasteiger charge is -2.38. The Morgan fingerprint density at radius 3 is 2.67 bits per heavy atom. The zero-order valence-electron chi connectivity index (χ0n) is 13.4. The number of hydrogen-bond donors (Lipinski definition) is 0. The Morgan fingerprint density at radius 1 is 1.33 bits per heavy atom. The molecule has 2 heterocycles. The minimum atomic E-state index is -4.62. The number of amides is 1. The quantitative estimate of drug-likeness (QED) is 0.577. The first-order valence-corrected chi connectivity index (χ1v) is 7.96. The molecule has 1 aliphatic heterocycles. The number of aromatic nitrogens is 1. The van der Waals surface area contributed by atoms with Crippen LogP contribution in [0.2, 0.25) is 5.02 Å². The van der Waals surface area contributed by atoms with Crippen LogP contribution in [0.3, 0.4) is 0 Å². The summed E-state index contributed by atoms with van der Waals surface area (Å²) in [6.07, 6.45) is -4.16. The first-order chi connectivity index (χ1) is 12.7. The fourth-order valence-corrected chi connectivity index (χ4v) is 2.72. The molecule has 0 bridgehead atoms. The first-order valence-electron chi connectivity index (χ1n) is 7.59. The van der Waals surface area contributed by atoms with E-state index in [1.807, 2.05) is 0 Å². The molecule has 1 amide bonds. The molecule has 0 unspecified atom stereocenters. The van der Waals surface area contributed by atoms with Crippen LogP contribution < -0.4 is 4.74 Å². The molecule has 11 heteroatoms. The predicted octanol–water partition coefficient (Wildman–Crippen LogP) is 3.57. The van der Waals surface area contributed by atoms with Gasteiger partial charge in [-0.2, -0.15) is 13.2 Å². The van der Waals surface area contributed by atoms with Gasteiger partial charge in [0.2, 0.25) is 5.88 Å². The second kappa shape index (κ2) is 7.03. The van der Waals surface area contributed by atoms with Gasteiger partial charge in [-0.05, 0) is 24.3 Å². The number of carbonyl (C=O) groups excluding carboxylic acids is 1. The van der Waals surface area contributed by atoms with Crippen molar-refractivity contribution in [3.05, 3.63) is 62.8 Å². The molecule has 7 nitrogen and oxygen atoms in total. The molecular formula is C16H11ClF3N3O4. The highest BCUT2D eigenvalue weighted by molar-refractivity contribution is 6.31. The fourth-order valence-electron chi connectivity index (χ4n) is 2.55. The second-order valence-electron chi connectivity index (χ2n) is 5.72. The number of alkyl halides is 3. The molecule has 0 spiro atoms. The summed E-state index contributed by atoms with van der Waals surface area (Å²) in [5.41, 5.74) is -1.61. The third-order valence-electron chi connectivity index (χ3n) is 3.88. The summed E-state index contributed by atoms with van der Waals surface area (Å²) in [6, 6.07) is 5.57. The Hall–Kier alpha value is -2.88. The largest absolute Gasteiger partial charge is 0.470 e. The lowest BCUT2D eigenvalue weighted by molar-refractivity contribution is -0.385. The van der Waals surface area contributed by atoms with Gasteiger partial charge in [0, 0.05) is 17.3 Å². The van der Waals surface area contributed by atoms with Gasteiger partial charge in [0.25, 0.3) is 11.6 Å². The van der Waals surface area contributed by atoms with Gasteiger partial charge in [-0.15, -0.1) is 0 Å². The number of ether oxygens (including phenoxy) is 1. The molecule has 1 aliphatic rings. The van der Waals surface area contributed by atoms with Crippen molar-refractivity contribution in [2.75, 3.05) is 13.1 Å². The maximum atomic E-state index is 12.9. The number of likely N-dealkylation sites (tertiary alicyclic amines) is 1. The Morgan fingerprint density at radius 2 is 2.04 bits per heavy atom. The van der Waals surface area contributed by atoms with Crippen molar-refractivity contribution in [1.29, 1.82) is 0 Å². The van der Waals surface area contributed by atoms with Gasteiger partial charge in [-0.25, -0.2) is 4.98 Å². The summed E-state index contributed by atoms with van der Waals surface area (Å²) in [4.78, 5) is 27.6. The standard InChI is InChI=1S/C16H11ClF3N3O4/c17-9-3-4-13(23(25)26)11(6-9)15(24)22-7-10(8-22)27-14-12(16(18,19)20)2-1-5-21-14/h1-6,10H,7-8H2. The molecule has 0 atom stereocenters. The highest BCUT2D eigenvalue weighted by Gasteiger charge is 2.39. The van der Waals surface area contributed by atoms with Crippen LogP contribution in [0, 0.1) is 10.1 Å². The molecule has 142 valence electrons. The van der Waals surface area contributed by atoms with Crippen LogP contribution in [0.4, 0.5) is 18.9 Å². The van der Waals surface area contributed by atoms with E-state index < -0.39 is 40.2 Å². The normalized spacial score (nSPS) is 14.6. The van der Waals surface area contributed by atoms with E-state index in [4.69, 9.17) is 16.3 Å². The van der Waals surface area contributed by atoms with Crippen molar-refractivity contribution in [2.45, 2.75) is 12.3 Å². The van der Waals surface area contributed by atoms with Gasteiger partial charge in [0.1, 0.15) is 17.2 Å². The summed E-state index contributed by atoms with van der Waals surface area (Å²) < 4.78 is 44.1. The molecule has 2 aromatic rings. The number of carbonyl (C=O) groups is 1. The number of halogens is 4. The smallest absolute Gasteiger partial charge is 0.421 e. The lowest BCUT2D eigenvalue weighted by atomic mass is 10.1. The summed E-state index contributed by atoms with van der Waals surface area (Å²) >= 11 is 5.79. The number of nitrogens with zero attached hydrogens (tertiary/aromatic N) is 3. The Balaban J connectivity index is 1.70. The topological polar surface area (TPSA) is 85.6 Å². The Bertz CT molecular complexity index is 901. The number of rotatable bonds is 4. The highest BCUT2D eigenvalue weighted by Crippen LogP contribution is 2.35. The van der Waals surface area contributed by atoms with E-state index in [1.54, 1.807) is 0 Å². The summed E-state index contributed by atoms with van der Waals surface area (Å²) in [6.45, 7) is -0.0628. The molecule has 0 saturated carbocycles. The number of pyridine rings is 1. The maximum Gasteiger partial charge on any atom is 0.421 e. The number of nitro benzene ring substituents is 1. The second-order valence-corrected chi connectivity index (χ2v) is 6.16. The van der Waals surface area contributed by atoms with Crippen LogP contribution in [0.15, 0.2) is 36.5 Å². The average molecular weight is 402 g/mol. The average Bonchev–Trinajstić information content (AvgIpc) is 2.56. The van der Waals surface area contributed by atoms with Crippen molar-refractivity contribution in [2.24, 2.45) is 0 Å². The molecule has 3 rings (SSSR count). The van der Waals surface area contributed by atoms with Crippen LogP contribution in [0.5, 0.6) is 5.88 Å². The van der Waals surface area contributed by atoms with Crippen molar-refractivity contribution in [1.82, 2.24) is 9.88 Å². The molecule has 27 heavy (non-hydrogen) atoms. The molecule has 0 radical (unpaired) electrons. The summed E-state index contributed by atoms with van der Waals surface area (Å²) in [5.74, 6) is -1.23. The van der Waals surface area contributed by atoms with Crippen LogP contribution in [-0.4, -0.2) is 39.9 Å². The number of benzene rings is 1. The Labute approximate surface area is 155 Å². The van der Waals surface area contributed by atoms with Gasteiger partial charge in [-0.1, -0.05) is 11.6 Å².